The third-order valence-corrected chi connectivity index (χ3v) is 2.47. The summed E-state index contributed by atoms with van der Waals surface area (Å²) < 4.78 is 15.0. The number of benzene rings is 1. The zero-order valence-electron chi connectivity index (χ0n) is 9.44. The minimum Gasteiger partial charge on any atom is -0.220 e. The molecule has 0 saturated heterocycles. The van der Waals surface area contributed by atoms with Crippen LogP contribution >= 0.6 is 0 Å². The number of halogens is 1. The maximum Gasteiger partial charge on any atom is 0.128 e. The van der Waals surface area contributed by atoms with Gasteiger partial charge in [0.2, 0.25) is 0 Å². The van der Waals surface area contributed by atoms with Gasteiger partial charge < -0.3 is 0 Å². The van der Waals surface area contributed by atoms with E-state index in [2.05, 4.69) is 17.2 Å². The van der Waals surface area contributed by atoms with Crippen LogP contribution in [0.2, 0.25) is 0 Å². The summed E-state index contributed by atoms with van der Waals surface area (Å²) in [6, 6.07) is 5.05. The van der Waals surface area contributed by atoms with Crippen molar-refractivity contribution in [3.05, 3.63) is 41.5 Å². The largest absolute Gasteiger partial charge is 0.220 e. The second kappa shape index (κ2) is 4.43. The fourth-order valence-electron chi connectivity index (χ4n) is 1.52. The smallest absolute Gasteiger partial charge is 0.128 e. The maximum atomic E-state index is 13.4. The highest BCUT2D eigenvalue weighted by Crippen LogP contribution is 2.13. The SMILES string of the molecule is CCCc1cn(-c2ccc(C)c(F)c2)nn1. The number of aromatic nitrogens is 3. The van der Waals surface area contributed by atoms with E-state index in [0.717, 1.165) is 18.5 Å². The van der Waals surface area contributed by atoms with Gasteiger partial charge in [0.05, 0.1) is 17.6 Å². The predicted molar refractivity (Wildman–Crippen MR) is 60.0 cm³/mol. The van der Waals surface area contributed by atoms with Crippen LogP contribution in [-0.2, 0) is 6.42 Å². The topological polar surface area (TPSA) is 30.7 Å². The second-order valence-electron chi connectivity index (χ2n) is 3.84. The van der Waals surface area contributed by atoms with Crippen LogP contribution in [0.1, 0.15) is 24.6 Å². The van der Waals surface area contributed by atoms with Crippen LogP contribution in [0, 0.1) is 12.7 Å². The lowest BCUT2D eigenvalue weighted by Crippen LogP contribution is -1.96. The van der Waals surface area contributed by atoms with Crippen LogP contribution in [0.25, 0.3) is 5.69 Å². The van der Waals surface area contributed by atoms with Crippen LogP contribution in [0.4, 0.5) is 4.39 Å². The molecule has 0 saturated carbocycles. The van der Waals surface area contributed by atoms with Gasteiger partial charge in [0, 0.05) is 0 Å². The molecule has 0 atom stereocenters. The number of rotatable bonds is 3. The summed E-state index contributed by atoms with van der Waals surface area (Å²) in [7, 11) is 0. The van der Waals surface area contributed by atoms with Gasteiger partial charge in [0.1, 0.15) is 5.82 Å². The van der Waals surface area contributed by atoms with E-state index in [1.54, 1.807) is 17.7 Å². The first-order chi connectivity index (χ1) is 7.70. The van der Waals surface area contributed by atoms with Crippen molar-refractivity contribution in [3.63, 3.8) is 0 Å². The van der Waals surface area contributed by atoms with Crippen LogP contribution in [-0.4, -0.2) is 15.0 Å². The molecular formula is C12H14FN3. The molecule has 3 nitrogen and oxygen atoms in total. The Morgan fingerprint density at radius 2 is 2.19 bits per heavy atom. The summed E-state index contributed by atoms with van der Waals surface area (Å²) in [5, 5.41) is 8.00. The van der Waals surface area contributed by atoms with Crippen molar-refractivity contribution in [3.8, 4) is 5.69 Å². The first kappa shape index (κ1) is 10.8. The van der Waals surface area contributed by atoms with Crippen molar-refractivity contribution in [2.45, 2.75) is 26.7 Å². The molecule has 0 radical (unpaired) electrons. The van der Waals surface area contributed by atoms with Gasteiger partial charge in [-0.3, -0.25) is 0 Å². The molecule has 1 aromatic heterocycles. The highest BCUT2D eigenvalue weighted by atomic mass is 19.1. The zero-order valence-corrected chi connectivity index (χ0v) is 9.44. The Bertz CT molecular complexity index is 491. The molecule has 0 fully saturated rings. The second-order valence-corrected chi connectivity index (χ2v) is 3.84. The molecule has 0 bridgehead atoms. The molecule has 84 valence electrons. The molecule has 2 rings (SSSR count). The third-order valence-electron chi connectivity index (χ3n) is 2.47. The summed E-state index contributed by atoms with van der Waals surface area (Å²) in [6.07, 6.45) is 3.77. The molecule has 0 amide bonds. The molecule has 0 unspecified atom stereocenters. The fraction of sp³-hybridized carbons (Fsp3) is 0.333. The van der Waals surface area contributed by atoms with Crippen molar-refractivity contribution in [2.24, 2.45) is 0 Å². The van der Waals surface area contributed by atoms with E-state index in [1.807, 2.05) is 12.3 Å². The van der Waals surface area contributed by atoms with Crippen LogP contribution in [0.3, 0.4) is 0 Å². The Hall–Kier alpha value is -1.71. The lowest BCUT2D eigenvalue weighted by atomic mass is 10.2. The van der Waals surface area contributed by atoms with Crippen molar-refractivity contribution in [2.75, 3.05) is 0 Å². The lowest BCUT2D eigenvalue weighted by molar-refractivity contribution is 0.615. The summed E-state index contributed by atoms with van der Waals surface area (Å²) in [6.45, 7) is 3.83. The Morgan fingerprint density at radius 1 is 1.38 bits per heavy atom. The molecule has 0 spiro atoms. The standard InChI is InChI=1S/C12H14FN3/c1-3-4-10-8-16(15-14-10)11-6-5-9(2)12(13)7-11/h5-8H,3-4H2,1-2H3. The zero-order chi connectivity index (χ0) is 11.5. The third kappa shape index (κ3) is 2.10. The molecular weight excluding hydrogens is 205 g/mol. The highest BCUT2D eigenvalue weighted by molar-refractivity contribution is 5.34. The van der Waals surface area contributed by atoms with E-state index in [-0.39, 0.29) is 5.82 Å². The van der Waals surface area contributed by atoms with E-state index in [4.69, 9.17) is 0 Å². The Balaban J connectivity index is 2.31. The van der Waals surface area contributed by atoms with Gasteiger partial charge >= 0.3 is 0 Å². The lowest BCUT2D eigenvalue weighted by Gasteiger charge is -2.01. The fourth-order valence-corrected chi connectivity index (χ4v) is 1.52. The van der Waals surface area contributed by atoms with Crippen LogP contribution in [0.5, 0.6) is 0 Å². The van der Waals surface area contributed by atoms with Gasteiger partial charge in [-0.15, -0.1) is 5.10 Å². The van der Waals surface area contributed by atoms with E-state index in [1.165, 1.54) is 6.07 Å². The van der Waals surface area contributed by atoms with Gasteiger partial charge in [-0.2, -0.15) is 0 Å². The quantitative estimate of drug-likeness (QED) is 0.794. The van der Waals surface area contributed by atoms with Gasteiger partial charge in [-0.1, -0.05) is 24.6 Å². The highest BCUT2D eigenvalue weighted by Gasteiger charge is 2.04. The molecule has 0 N–H and O–H groups in total. The van der Waals surface area contributed by atoms with Crippen molar-refractivity contribution in [1.82, 2.24) is 15.0 Å². The first-order valence-corrected chi connectivity index (χ1v) is 5.38. The maximum absolute atomic E-state index is 13.4. The van der Waals surface area contributed by atoms with E-state index < -0.39 is 0 Å². The molecule has 0 aliphatic rings. The van der Waals surface area contributed by atoms with E-state index in [0.29, 0.717) is 11.3 Å². The number of hydrogen-bond acceptors (Lipinski definition) is 2. The van der Waals surface area contributed by atoms with Crippen molar-refractivity contribution < 1.29 is 4.39 Å². The van der Waals surface area contributed by atoms with Crippen LogP contribution in [0.15, 0.2) is 24.4 Å². The summed E-state index contributed by atoms with van der Waals surface area (Å²) >= 11 is 0. The minimum absolute atomic E-state index is 0.218. The van der Waals surface area contributed by atoms with Crippen molar-refractivity contribution >= 4 is 0 Å². The normalized spacial score (nSPS) is 10.7. The van der Waals surface area contributed by atoms with Gasteiger partial charge in [0.25, 0.3) is 0 Å². The monoisotopic (exact) mass is 219 g/mol. The van der Waals surface area contributed by atoms with Gasteiger partial charge in [0.15, 0.2) is 0 Å². The molecule has 1 heterocycles. The van der Waals surface area contributed by atoms with E-state index in [9.17, 15) is 4.39 Å². The Labute approximate surface area is 93.9 Å². The average molecular weight is 219 g/mol. The molecule has 1 aromatic carbocycles. The molecule has 0 aliphatic carbocycles. The minimum atomic E-state index is -0.218. The molecule has 0 aliphatic heterocycles. The Morgan fingerprint density at radius 3 is 2.88 bits per heavy atom. The summed E-state index contributed by atoms with van der Waals surface area (Å²) in [5.74, 6) is -0.218. The number of nitrogens with zero attached hydrogens (tertiary/aromatic N) is 3. The molecule has 16 heavy (non-hydrogen) atoms. The molecule has 4 heteroatoms. The Kier molecular flexibility index (Phi) is 2.99. The number of hydrogen-bond donors (Lipinski definition) is 0. The average Bonchev–Trinajstić information content (AvgIpc) is 2.71. The summed E-state index contributed by atoms with van der Waals surface area (Å²) in [4.78, 5) is 0. The van der Waals surface area contributed by atoms with Crippen LogP contribution < -0.4 is 0 Å². The van der Waals surface area contributed by atoms with Gasteiger partial charge in [-0.25, -0.2) is 9.07 Å². The van der Waals surface area contributed by atoms with Crippen molar-refractivity contribution in [1.29, 1.82) is 0 Å². The van der Waals surface area contributed by atoms with Gasteiger partial charge in [-0.05, 0) is 31.0 Å². The number of aryl methyl sites for hydroxylation is 2. The van der Waals surface area contributed by atoms with E-state index >= 15 is 0 Å². The molecule has 2 aromatic rings. The predicted octanol–water partition coefficient (Wildman–Crippen LogP) is 2.67. The first-order valence-electron chi connectivity index (χ1n) is 5.38. The summed E-state index contributed by atoms with van der Waals surface area (Å²) in [5.41, 5.74) is 2.28.